The molecule has 0 bridgehead atoms. The third-order valence-electron chi connectivity index (χ3n) is 4.07. The fraction of sp³-hybridized carbons (Fsp3) is 0.667. The summed E-state index contributed by atoms with van der Waals surface area (Å²) in [7, 11) is 0. The molecule has 1 aromatic rings. The number of aromatic nitrogens is 1. The molecule has 1 aliphatic rings. The molecule has 1 saturated carbocycles. The van der Waals surface area contributed by atoms with Gasteiger partial charge in [0.25, 0.3) is 0 Å². The summed E-state index contributed by atoms with van der Waals surface area (Å²) in [6.45, 7) is 4.37. The Kier molecular flexibility index (Phi) is 4.55. The third kappa shape index (κ3) is 3.06. The Bertz CT molecular complexity index is 313. The summed E-state index contributed by atoms with van der Waals surface area (Å²) in [5, 5.41) is 3.56. The van der Waals surface area contributed by atoms with E-state index in [2.05, 4.69) is 29.4 Å². The number of pyridine rings is 1. The van der Waals surface area contributed by atoms with Crippen molar-refractivity contribution in [3.8, 4) is 0 Å². The van der Waals surface area contributed by atoms with Gasteiger partial charge in [-0.3, -0.25) is 4.98 Å². The van der Waals surface area contributed by atoms with Gasteiger partial charge in [-0.1, -0.05) is 32.6 Å². The summed E-state index contributed by atoms with van der Waals surface area (Å²) in [6.07, 6.45) is 12.1. The molecule has 1 aromatic heterocycles. The molecular weight excluding hydrogens is 208 g/mol. The van der Waals surface area contributed by atoms with Crippen LogP contribution >= 0.6 is 0 Å². The van der Waals surface area contributed by atoms with E-state index >= 15 is 0 Å². The highest BCUT2D eigenvalue weighted by atomic mass is 14.9. The first kappa shape index (κ1) is 12.6. The van der Waals surface area contributed by atoms with Gasteiger partial charge in [-0.25, -0.2) is 0 Å². The molecule has 2 nitrogen and oxygen atoms in total. The highest BCUT2D eigenvalue weighted by Gasteiger charge is 2.32. The molecule has 1 aliphatic carbocycles. The highest BCUT2D eigenvalue weighted by Crippen LogP contribution is 2.37. The van der Waals surface area contributed by atoms with Gasteiger partial charge in [0.15, 0.2) is 0 Å². The van der Waals surface area contributed by atoms with Gasteiger partial charge in [0, 0.05) is 24.4 Å². The smallest absolute Gasteiger partial charge is 0.0270 e. The number of rotatable bonds is 4. The summed E-state index contributed by atoms with van der Waals surface area (Å²) in [6, 6.07) is 4.42. The second-order valence-electron chi connectivity index (χ2n) is 5.21. The standard InChI is InChI=1S/C15H24N2/c1-2-16-13-15(9-5-3-4-6-10-15)14-7-11-17-12-8-14/h7-8,11-12,16H,2-6,9-10,13H2,1H3. The lowest BCUT2D eigenvalue weighted by molar-refractivity contribution is 0.350. The van der Waals surface area contributed by atoms with Crippen LogP contribution in [0, 0.1) is 0 Å². The Labute approximate surface area is 105 Å². The van der Waals surface area contributed by atoms with Crippen molar-refractivity contribution in [3.63, 3.8) is 0 Å². The van der Waals surface area contributed by atoms with Crippen LogP contribution in [-0.2, 0) is 5.41 Å². The molecule has 0 spiro atoms. The molecule has 2 heteroatoms. The molecular formula is C15H24N2. The Balaban J connectivity index is 2.21. The van der Waals surface area contributed by atoms with Crippen LogP contribution in [0.5, 0.6) is 0 Å². The number of nitrogens with zero attached hydrogens (tertiary/aromatic N) is 1. The van der Waals surface area contributed by atoms with Crippen LogP contribution in [0.25, 0.3) is 0 Å². The molecule has 94 valence electrons. The van der Waals surface area contributed by atoms with Crippen LogP contribution in [0.3, 0.4) is 0 Å². The van der Waals surface area contributed by atoms with Gasteiger partial charge in [0.2, 0.25) is 0 Å². The predicted octanol–water partition coefficient (Wildman–Crippen LogP) is 3.28. The first-order valence-corrected chi connectivity index (χ1v) is 6.99. The topological polar surface area (TPSA) is 24.9 Å². The summed E-state index contributed by atoms with van der Waals surface area (Å²) >= 11 is 0. The first-order chi connectivity index (χ1) is 8.37. The van der Waals surface area contributed by atoms with Gasteiger partial charge >= 0.3 is 0 Å². The minimum atomic E-state index is 0.357. The molecule has 0 aromatic carbocycles. The average Bonchev–Trinajstić information content (AvgIpc) is 2.64. The van der Waals surface area contributed by atoms with E-state index in [0.717, 1.165) is 13.1 Å². The Morgan fingerprint density at radius 3 is 2.35 bits per heavy atom. The largest absolute Gasteiger partial charge is 0.316 e. The monoisotopic (exact) mass is 232 g/mol. The van der Waals surface area contributed by atoms with E-state index in [-0.39, 0.29) is 0 Å². The zero-order valence-corrected chi connectivity index (χ0v) is 10.9. The molecule has 1 heterocycles. The number of nitrogens with one attached hydrogen (secondary N) is 1. The van der Waals surface area contributed by atoms with Crippen LogP contribution in [-0.4, -0.2) is 18.1 Å². The van der Waals surface area contributed by atoms with E-state index in [9.17, 15) is 0 Å². The van der Waals surface area contributed by atoms with Crippen molar-refractivity contribution in [2.45, 2.75) is 50.9 Å². The lowest BCUT2D eigenvalue weighted by Crippen LogP contribution is -2.38. The zero-order valence-electron chi connectivity index (χ0n) is 10.9. The second kappa shape index (κ2) is 6.15. The van der Waals surface area contributed by atoms with Crippen molar-refractivity contribution in [1.29, 1.82) is 0 Å². The minimum absolute atomic E-state index is 0.357. The Morgan fingerprint density at radius 2 is 1.76 bits per heavy atom. The van der Waals surface area contributed by atoms with Crippen LogP contribution in [0.4, 0.5) is 0 Å². The van der Waals surface area contributed by atoms with Gasteiger partial charge in [0.1, 0.15) is 0 Å². The molecule has 0 atom stereocenters. The maximum absolute atomic E-state index is 4.15. The molecule has 0 amide bonds. The molecule has 17 heavy (non-hydrogen) atoms. The number of hydrogen-bond donors (Lipinski definition) is 1. The maximum atomic E-state index is 4.15. The van der Waals surface area contributed by atoms with Crippen LogP contribution in [0.15, 0.2) is 24.5 Å². The van der Waals surface area contributed by atoms with Crippen molar-refractivity contribution in [2.75, 3.05) is 13.1 Å². The van der Waals surface area contributed by atoms with Gasteiger partial charge < -0.3 is 5.32 Å². The first-order valence-electron chi connectivity index (χ1n) is 6.99. The Morgan fingerprint density at radius 1 is 1.12 bits per heavy atom. The fourth-order valence-corrected chi connectivity index (χ4v) is 3.04. The predicted molar refractivity (Wildman–Crippen MR) is 72.2 cm³/mol. The van der Waals surface area contributed by atoms with Crippen LogP contribution in [0.2, 0.25) is 0 Å². The summed E-state index contributed by atoms with van der Waals surface area (Å²) in [5.41, 5.74) is 1.84. The Hall–Kier alpha value is -0.890. The summed E-state index contributed by atoms with van der Waals surface area (Å²) in [5.74, 6) is 0. The van der Waals surface area contributed by atoms with Gasteiger partial charge in [-0.05, 0) is 37.1 Å². The highest BCUT2D eigenvalue weighted by molar-refractivity contribution is 5.24. The van der Waals surface area contributed by atoms with Crippen molar-refractivity contribution in [3.05, 3.63) is 30.1 Å². The van der Waals surface area contributed by atoms with Gasteiger partial charge in [-0.2, -0.15) is 0 Å². The molecule has 0 aliphatic heterocycles. The average molecular weight is 232 g/mol. The minimum Gasteiger partial charge on any atom is -0.316 e. The van der Waals surface area contributed by atoms with Crippen LogP contribution < -0.4 is 5.32 Å². The normalized spacial score (nSPS) is 19.8. The molecule has 0 radical (unpaired) electrons. The zero-order chi connectivity index (χ0) is 12.0. The summed E-state index contributed by atoms with van der Waals surface area (Å²) < 4.78 is 0. The van der Waals surface area contributed by atoms with Crippen molar-refractivity contribution < 1.29 is 0 Å². The number of likely N-dealkylation sites (N-methyl/N-ethyl adjacent to an activating group) is 1. The van der Waals surface area contributed by atoms with E-state index in [1.807, 2.05) is 12.4 Å². The summed E-state index contributed by atoms with van der Waals surface area (Å²) in [4.78, 5) is 4.15. The van der Waals surface area contributed by atoms with E-state index < -0.39 is 0 Å². The van der Waals surface area contributed by atoms with E-state index in [1.54, 1.807) is 0 Å². The number of hydrogen-bond acceptors (Lipinski definition) is 2. The quantitative estimate of drug-likeness (QED) is 0.806. The maximum Gasteiger partial charge on any atom is 0.0270 e. The lowest BCUT2D eigenvalue weighted by Gasteiger charge is -2.33. The van der Waals surface area contributed by atoms with Crippen molar-refractivity contribution in [2.24, 2.45) is 0 Å². The van der Waals surface area contributed by atoms with Crippen LogP contribution in [0.1, 0.15) is 51.0 Å². The molecule has 1 N–H and O–H groups in total. The van der Waals surface area contributed by atoms with E-state index in [1.165, 1.54) is 44.1 Å². The second-order valence-corrected chi connectivity index (χ2v) is 5.21. The third-order valence-corrected chi connectivity index (χ3v) is 4.07. The molecule has 0 saturated heterocycles. The molecule has 1 fully saturated rings. The molecule has 0 unspecified atom stereocenters. The van der Waals surface area contributed by atoms with E-state index in [0.29, 0.717) is 5.41 Å². The van der Waals surface area contributed by atoms with Gasteiger partial charge in [-0.15, -0.1) is 0 Å². The lowest BCUT2D eigenvalue weighted by atomic mass is 9.74. The molecule has 2 rings (SSSR count). The van der Waals surface area contributed by atoms with E-state index in [4.69, 9.17) is 0 Å². The van der Waals surface area contributed by atoms with Crippen molar-refractivity contribution >= 4 is 0 Å². The van der Waals surface area contributed by atoms with Crippen molar-refractivity contribution in [1.82, 2.24) is 10.3 Å². The SMILES string of the molecule is CCNCC1(c2ccncc2)CCCCCC1. The van der Waals surface area contributed by atoms with Gasteiger partial charge in [0.05, 0.1) is 0 Å². The fourth-order valence-electron chi connectivity index (χ4n) is 3.04.